The van der Waals surface area contributed by atoms with Gasteiger partial charge in [-0.1, -0.05) is 12.8 Å². The summed E-state index contributed by atoms with van der Waals surface area (Å²) in [5.74, 6) is 0.642. The number of Topliss-reactive ketones (excluding diaryl/α,β-unsaturated/α-hetero) is 1. The van der Waals surface area contributed by atoms with Gasteiger partial charge in [0.1, 0.15) is 5.75 Å². The zero-order valence-electron chi connectivity index (χ0n) is 13.9. The number of aliphatic carboxylic acids is 1. The summed E-state index contributed by atoms with van der Waals surface area (Å²) in [5, 5.41) is 8.57. The number of carbonyl (C=O) groups excluding carboxylic acids is 1. The van der Waals surface area contributed by atoms with Crippen LogP contribution in [0.2, 0.25) is 0 Å². The second-order valence-corrected chi connectivity index (χ2v) is 5.14. The second-order valence-electron chi connectivity index (χ2n) is 5.14. The van der Waals surface area contributed by atoms with Gasteiger partial charge >= 0.3 is 5.97 Å². The van der Waals surface area contributed by atoms with E-state index in [-0.39, 0.29) is 12.2 Å². The minimum atomic E-state index is -0.781. The van der Waals surface area contributed by atoms with Crippen molar-refractivity contribution in [3.05, 3.63) is 17.7 Å². The van der Waals surface area contributed by atoms with Gasteiger partial charge < -0.3 is 19.3 Å². The first-order valence-corrected chi connectivity index (χ1v) is 7.58. The fourth-order valence-electron chi connectivity index (χ4n) is 2.30. The van der Waals surface area contributed by atoms with Crippen molar-refractivity contribution in [2.45, 2.75) is 38.5 Å². The molecule has 0 spiro atoms. The van der Waals surface area contributed by atoms with Crippen LogP contribution in [0.5, 0.6) is 17.2 Å². The maximum Gasteiger partial charge on any atom is 0.303 e. The van der Waals surface area contributed by atoms with E-state index in [1.54, 1.807) is 12.1 Å². The van der Waals surface area contributed by atoms with Crippen LogP contribution in [0.25, 0.3) is 0 Å². The maximum absolute atomic E-state index is 12.4. The van der Waals surface area contributed by atoms with Gasteiger partial charge in [0.2, 0.25) is 0 Å². The number of ether oxygens (including phenoxy) is 3. The third kappa shape index (κ3) is 5.81. The normalized spacial score (nSPS) is 10.2. The first kappa shape index (κ1) is 18.8. The largest absolute Gasteiger partial charge is 0.496 e. The topological polar surface area (TPSA) is 82.1 Å². The van der Waals surface area contributed by atoms with E-state index in [1.165, 1.54) is 21.3 Å². The van der Waals surface area contributed by atoms with Gasteiger partial charge in [-0.15, -0.1) is 0 Å². The van der Waals surface area contributed by atoms with E-state index in [0.717, 1.165) is 19.3 Å². The van der Waals surface area contributed by atoms with Crippen molar-refractivity contribution in [3.63, 3.8) is 0 Å². The van der Waals surface area contributed by atoms with Gasteiger partial charge in [0, 0.05) is 18.9 Å². The number of carboxylic acids is 1. The Morgan fingerprint density at radius 3 is 1.87 bits per heavy atom. The Morgan fingerprint density at radius 2 is 1.35 bits per heavy atom. The molecule has 0 saturated carbocycles. The lowest BCUT2D eigenvalue weighted by molar-refractivity contribution is -0.137. The molecule has 0 unspecified atom stereocenters. The number of rotatable bonds is 11. The highest BCUT2D eigenvalue weighted by Crippen LogP contribution is 2.35. The number of hydrogen-bond donors (Lipinski definition) is 1. The van der Waals surface area contributed by atoms with Crippen LogP contribution in [-0.2, 0) is 4.79 Å². The molecule has 1 aromatic carbocycles. The SMILES string of the molecule is COc1cc(OC)c(C(=O)CCCCCCC(=O)O)cc1OC. The molecule has 6 nitrogen and oxygen atoms in total. The summed E-state index contributed by atoms with van der Waals surface area (Å²) in [7, 11) is 4.54. The second kappa shape index (κ2) is 9.71. The molecule has 1 aromatic rings. The van der Waals surface area contributed by atoms with Gasteiger partial charge in [0.15, 0.2) is 17.3 Å². The van der Waals surface area contributed by atoms with E-state index in [2.05, 4.69) is 0 Å². The van der Waals surface area contributed by atoms with Crippen LogP contribution in [0.15, 0.2) is 12.1 Å². The average molecular weight is 324 g/mol. The van der Waals surface area contributed by atoms with E-state index in [9.17, 15) is 9.59 Å². The standard InChI is InChI=1S/C17H24O6/c1-21-14-11-16(23-3)15(22-2)10-12(14)13(18)8-6-4-5-7-9-17(19)20/h10-11H,4-9H2,1-3H3,(H,19,20). The summed E-state index contributed by atoms with van der Waals surface area (Å²) in [6, 6.07) is 3.27. The van der Waals surface area contributed by atoms with Crippen LogP contribution in [-0.4, -0.2) is 38.2 Å². The van der Waals surface area contributed by atoms with Crippen molar-refractivity contribution >= 4 is 11.8 Å². The van der Waals surface area contributed by atoms with Crippen LogP contribution in [0.4, 0.5) is 0 Å². The monoisotopic (exact) mass is 324 g/mol. The number of methoxy groups -OCH3 is 3. The molecule has 6 heteroatoms. The molecule has 0 aliphatic heterocycles. The fourth-order valence-corrected chi connectivity index (χ4v) is 2.30. The van der Waals surface area contributed by atoms with Gasteiger partial charge in [-0.05, 0) is 18.9 Å². The number of ketones is 1. The zero-order valence-corrected chi connectivity index (χ0v) is 13.9. The van der Waals surface area contributed by atoms with E-state index >= 15 is 0 Å². The van der Waals surface area contributed by atoms with Gasteiger partial charge in [0.25, 0.3) is 0 Å². The molecule has 0 radical (unpaired) electrons. The predicted molar refractivity (Wildman–Crippen MR) is 85.8 cm³/mol. The highest BCUT2D eigenvalue weighted by Gasteiger charge is 2.17. The molecule has 0 amide bonds. The number of hydrogen-bond acceptors (Lipinski definition) is 5. The van der Waals surface area contributed by atoms with E-state index in [4.69, 9.17) is 19.3 Å². The maximum atomic E-state index is 12.4. The molecular formula is C17H24O6. The molecule has 0 fully saturated rings. The van der Waals surface area contributed by atoms with E-state index in [1.807, 2.05) is 0 Å². The summed E-state index contributed by atoms with van der Waals surface area (Å²) in [6.07, 6.45) is 3.56. The van der Waals surface area contributed by atoms with Crippen molar-refractivity contribution in [1.82, 2.24) is 0 Å². The molecule has 0 heterocycles. The molecule has 23 heavy (non-hydrogen) atoms. The van der Waals surface area contributed by atoms with Gasteiger partial charge in [-0.3, -0.25) is 9.59 Å². The first-order chi connectivity index (χ1) is 11.0. The molecule has 0 saturated heterocycles. The Hall–Kier alpha value is -2.24. The van der Waals surface area contributed by atoms with Crippen molar-refractivity contribution in [2.24, 2.45) is 0 Å². The summed E-state index contributed by atoms with van der Waals surface area (Å²) in [5.41, 5.74) is 0.468. The zero-order chi connectivity index (χ0) is 17.2. The molecule has 1 rings (SSSR count). The number of benzene rings is 1. The van der Waals surface area contributed by atoms with Gasteiger partial charge in [-0.25, -0.2) is 0 Å². The van der Waals surface area contributed by atoms with Gasteiger partial charge in [0.05, 0.1) is 26.9 Å². The average Bonchev–Trinajstić information content (AvgIpc) is 2.55. The fraction of sp³-hybridized carbons (Fsp3) is 0.529. The molecule has 0 atom stereocenters. The van der Waals surface area contributed by atoms with Crippen molar-refractivity contribution < 1.29 is 28.9 Å². The number of unbranched alkanes of at least 4 members (excludes halogenated alkanes) is 3. The lowest BCUT2D eigenvalue weighted by Crippen LogP contribution is -2.04. The first-order valence-electron chi connectivity index (χ1n) is 7.58. The molecule has 0 aliphatic carbocycles. The molecule has 0 bridgehead atoms. The van der Waals surface area contributed by atoms with Crippen LogP contribution in [0, 0.1) is 0 Å². The van der Waals surface area contributed by atoms with Crippen LogP contribution < -0.4 is 14.2 Å². The minimum absolute atomic E-state index is 0.0268. The summed E-state index contributed by atoms with van der Waals surface area (Å²) in [6.45, 7) is 0. The van der Waals surface area contributed by atoms with Crippen LogP contribution in [0.1, 0.15) is 48.9 Å². The van der Waals surface area contributed by atoms with Crippen LogP contribution in [0.3, 0.4) is 0 Å². The molecule has 128 valence electrons. The summed E-state index contributed by atoms with van der Waals surface area (Å²) in [4.78, 5) is 22.8. The Bertz CT molecular complexity index is 538. The van der Waals surface area contributed by atoms with E-state index < -0.39 is 5.97 Å². The lowest BCUT2D eigenvalue weighted by Gasteiger charge is -2.13. The Morgan fingerprint density at radius 1 is 0.826 bits per heavy atom. The third-order valence-electron chi connectivity index (χ3n) is 3.55. The molecule has 1 N–H and O–H groups in total. The minimum Gasteiger partial charge on any atom is -0.496 e. The molecular weight excluding hydrogens is 300 g/mol. The highest BCUT2D eigenvalue weighted by molar-refractivity contribution is 5.99. The predicted octanol–water partition coefficient (Wildman–Crippen LogP) is 3.32. The lowest BCUT2D eigenvalue weighted by atomic mass is 10.0. The smallest absolute Gasteiger partial charge is 0.303 e. The highest BCUT2D eigenvalue weighted by atomic mass is 16.5. The summed E-state index contributed by atoms with van der Waals surface area (Å²) < 4.78 is 15.7. The Labute approximate surface area is 136 Å². The van der Waals surface area contributed by atoms with Crippen molar-refractivity contribution in [1.29, 1.82) is 0 Å². The number of carbonyl (C=O) groups is 2. The summed E-state index contributed by atoms with van der Waals surface area (Å²) >= 11 is 0. The Kier molecular flexibility index (Phi) is 7.94. The quantitative estimate of drug-likeness (QED) is 0.497. The Balaban J connectivity index is 2.63. The van der Waals surface area contributed by atoms with Crippen molar-refractivity contribution in [2.75, 3.05) is 21.3 Å². The number of carboxylic acid groups (broad SMARTS) is 1. The third-order valence-corrected chi connectivity index (χ3v) is 3.55. The van der Waals surface area contributed by atoms with Crippen molar-refractivity contribution in [3.8, 4) is 17.2 Å². The molecule has 0 aliphatic rings. The van der Waals surface area contributed by atoms with Gasteiger partial charge in [-0.2, -0.15) is 0 Å². The van der Waals surface area contributed by atoms with Crippen LogP contribution >= 0.6 is 0 Å². The molecule has 0 aromatic heterocycles. The van der Waals surface area contributed by atoms with E-state index in [0.29, 0.717) is 35.7 Å².